The van der Waals surface area contributed by atoms with Crippen LogP contribution < -0.4 is 9.62 Å². The number of benzene rings is 2. The van der Waals surface area contributed by atoms with Crippen molar-refractivity contribution in [1.29, 1.82) is 0 Å². The molecule has 0 fully saturated rings. The highest BCUT2D eigenvalue weighted by molar-refractivity contribution is 9.10. The van der Waals surface area contributed by atoms with Gasteiger partial charge in [0.25, 0.3) is 0 Å². The highest BCUT2D eigenvalue weighted by atomic mass is 79.9. The Morgan fingerprint density at radius 1 is 1.16 bits per heavy atom. The number of nitrogens with zero attached hydrogens (tertiary/aromatic N) is 1. The lowest BCUT2D eigenvalue weighted by Gasteiger charge is -2.28. The summed E-state index contributed by atoms with van der Waals surface area (Å²) in [7, 11) is -3.92. The summed E-state index contributed by atoms with van der Waals surface area (Å²) in [4.78, 5) is 12.5. The third-order valence-corrected chi connectivity index (χ3v) is 5.31. The Labute approximate surface area is 152 Å². The monoisotopic (exact) mass is 432 g/mol. The first-order chi connectivity index (χ1) is 11.6. The average molecular weight is 433 g/mol. The van der Waals surface area contributed by atoms with Crippen molar-refractivity contribution < 1.29 is 22.0 Å². The van der Waals surface area contributed by atoms with E-state index >= 15 is 0 Å². The molecule has 0 aromatic heterocycles. The summed E-state index contributed by atoms with van der Waals surface area (Å²) in [6, 6.07) is 8.26. The first-order valence-electron chi connectivity index (χ1n) is 7.11. The number of hydrogen-bond donors (Lipinski definition) is 1. The number of sulfonamides is 1. The first-order valence-corrected chi connectivity index (χ1v) is 9.75. The molecule has 0 aliphatic rings. The number of halogens is 3. The van der Waals surface area contributed by atoms with E-state index in [1.54, 1.807) is 24.3 Å². The Morgan fingerprint density at radius 3 is 2.36 bits per heavy atom. The Balaban J connectivity index is 2.36. The minimum Gasteiger partial charge on any atom is -0.323 e. The molecule has 0 radical (unpaired) electrons. The number of rotatable bonds is 5. The molecule has 2 rings (SSSR count). The molecule has 5 nitrogen and oxygen atoms in total. The van der Waals surface area contributed by atoms with Gasteiger partial charge in [-0.1, -0.05) is 12.1 Å². The number of carbonyl (C=O) groups excluding carboxylic acids is 1. The standard InChI is InChI=1S/C16H15BrF2N2O3S/c1-10(16(22)20-15-6-4-3-5-12(15)17)21(25(2,23)24)11-7-8-13(18)14(19)9-11/h3-10H,1-2H3,(H,20,22). The Morgan fingerprint density at radius 2 is 1.80 bits per heavy atom. The lowest BCUT2D eigenvalue weighted by Crippen LogP contribution is -2.45. The fraction of sp³-hybridized carbons (Fsp3) is 0.188. The van der Waals surface area contributed by atoms with Gasteiger partial charge in [0.05, 0.1) is 17.6 Å². The quantitative estimate of drug-likeness (QED) is 0.785. The van der Waals surface area contributed by atoms with E-state index < -0.39 is 33.6 Å². The van der Waals surface area contributed by atoms with Crippen molar-refractivity contribution in [3.63, 3.8) is 0 Å². The Hall–Kier alpha value is -2.00. The van der Waals surface area contributed by atoms with Gasteiger partial charge in [-0.2, -0.15) is 0 Å². The Bertz CT molecular complexity index is 906. The molecule has 2 aromatic rings. The number of para-hydroxylation sites is 1. The molecular weight excluding hydrogens is 418 g/mol. The number of carbonyl (C=O) groups is 1. The van der Waals surface area contributed by atoms with Gasteiger partial charge in [-0.15, -0.1) is 0 Å². The maximum Gasteiger partial charge on any atom is 0.248 e. The van der Waals surface area contributed by atoms with Crippen LogP contribution in [0.25, 0.3) is 0 Å². The summed E-state index contributed by atoms with van der Waals surface area (Å²) in [5, 5.41) is 2.60. The third kappa shape index (κ3) is 4.55. The molecule has 0 aliphatic heterocycles. The van der Waals surface area contributed by atoms with Gasteiger partial charge >= 0.3 is 0 Å². The van der Waals surface area contributed by atoms with Gasteiger partial charge in [0, 0.05) is 10.5 Å². The molecule has 0 saturated heterocycles. The minimum absolute atomic E-state index is 0.142. The van der Waals surface area contributed by atoms with Crippen LogP contribution in [0.15, 0.2) is 46.9 Å². The predicted octanol–water partition coefficient (Wildman–Crippen LogP) is 3.52. The summed E-state index contributed by atoms with van der Waals surface area (Å²) in [5.74, 6) is -2.94. The largest absolute Gasteiger partial charge is 0.323 e. The summed E-state index contributed by atoms with van der Waals surface area (Å²) >= 11 is 3.28. The van der Waals surface area contributed by atoms with Crippen molar-refractivity contribution >= 4 is 43.2 Å². The molecule has 1 unspecified atom stereocenters. The zero-order chi connectivity index (χ0) is 18.8. The van der Waals surface area contributed by atoms with E-state index in [2.05, 4.69) is 21.2 Å². The number of amides is 1. The maximum absolute atomic E-state index is 13.5. The van der Waals surface area contributed by atoms with Crippen LogP contribution in [0.3, 0.4) is 0 Å². The van der Waals surface area contributed by atoms with E-state index in [9.17, 15) is 22.0 Å². The van der Waals surface area contributed by atoms with Gasteiger partial charge in [-0.05, 0) is 47.1 Å². The third-order valence-electron chi connectivity index (χ3n) is 3.38. The van der Waals surface area contributed by atoms with Crippen LogP contribution in [0.1, 0.15) is 6.92 Å². The van der Waals surface area contributed by atoms with Crippen LogP contribution in [0, 0.1) is 11.6 Å². The van der Waals surface area contributed by atoms with E-state index in [4.69, 9.17) is 0 Å². The van der Waals surface area contributed by atoms with Crippen LogP contribution in [-0.4, -0.2) is 26.6 Å². The van der Waals surface area contributed by atoms with Crippen molar-refractivity contribution in [2.75, 3.05) is 15.9 Å². The van der Waals surface area contributed by atoms with Crippen molar-refractivity contribution in [2.45, 2.75) is 13.0 Å². The predicted molar refractivity (Wildman–Crippen MR) is 95.9 cm³/mol. The highest BCUT2D eigenvalue weighted by Crippen LogP contribution is 2.25. The molecule has 0 saturated carbocycles. The molecule has 1 atom stereocenters. The van der Waals surface area contributed by atoms with Gasteiger partial charge in [0.1, 0.15) is 6.04 Å². The molecule has 1 amide bonds. The minimum atomic E-state index is -3.92. The second kappa shape index (κ2) is 7.49. The summed E-state index contributed by atoms with van der Waals surface area (Å²) < 4.78 is 52.2. The molecular formula is C16H15BrF2N2O3S. The smallest absolute Gasteiger partial charge is 0.248 e. The normalized spacial score (nSPS) is 12.5. The van der Waals surface area contributed by atoms with Gasteiger partial charge < -0.3 is 5.32 Å². The summed E-state index contributed by atoms with van der Waals surface area (Å²) in [6.07, 6.45) is 0.885. The fourth-order valence-electron chi connectivity index (χ4n) is 2.23. The molecule has 134 valence electrons. The van der Waals surface area contributed by atoms with Crippen LogP contribution in [0.2, 0.25) is 0 Å². The zero-order valence-corrected chi connectivity index (χ0v) is 15.7. The van der Waals surface area contributed by atoms with Crippen molar-refractivity contribution in [2.24, 2.45) is 0 Å². The zero-order valence-electron chi connectivity index (χ0n) is 13.3. The lowest BCUT2D eigenvalue weighted by molar-refractivity contribution is -0.116. The second-order valence-electron chi connectivity index (χ2n) is 5.30. The number of anilines is 2. The number of hydrogen-bond acceptors (Lipinski definition) is 3. The van der Waals surface area contributed by atoms with Crippen molar-refractivity contribution in [3.8, 4) is 0 Å². The van der Waals surface area contributed by atoms with Crippen LogP contribution in [0.4, 0.5) is 20.2 Å². The molecule has 2 aromatic carbocycles. The van der Waals surface area contributed by atoms with E-state index in [0.29, 0.717) is 10.2 Å². The average Bonchev–Trinajstić information content (AvgIpc) is 2.51. The first kappa shape index (κ1) is 19.3. The molecule has 25 heavy (non-hydrogen) atoms. The van der Waals surface area contributed by atoms with Gasteiger partial charge in [-0.25, -0.2) is 17.2 Å². The van der Waals surface area contributed by atoms with Gasteiger partial charge in [-0.3, -0.25) is 9.10 Å². The summed E-state index contributed by atoms with van der Waals surface area (Å²) in [6.45, 7) is 1.36. The van der Waals surface area contributed by atoms with E-state index in [1.165, 1.54) is 6.92 Å². The van der Waals surface area contributed by atoms with Crippen molar-refractivity contribution in [1.82, 2.24) is 0 Å². The van der Waals surface area contributed by atoms with Crippen LogP contribution in [-0.2, 0) is 14.8 Å². The van der Waals surface area contributed by atoms with Gasteiger partial charge in [0.2, 0.25) is 15.9 Å². The number of nitrogens with one attached hydrogen (secondary N) is 1. The van der Waals surface area contributed by atoms with Crippen LogP contribution >= 0.6 is 15.9 Å². The molecule has 0 heterocycles. The topological polar surface area (TPSA) is 66.5 Å². The fourth-order valence-corrected chi connectivity index (χ4v) is 3.78. The SMILES string of the molecule is CC(C(=O)Nc1ccccc1Br)N(c1ccc(F)c(F)c1)S(C)(=O)=O. The van der Waals surface area contributed by atoms with E-state index in [-0.39, 0.29) is 5.69 Å². The highest BCUT2D eigenvalue weighted by Gasteiger charge is 2.30. The molecule has 0 spiro atoms. The second-order valence-corrected chi connectivity index (χ2v) is 8.02. The molecule has 1 N–H and O–H groups in total. The molecule has 9 heteroatoms. The molecule has 0 bridgehead atoms. The van der Waals surface area contributed by atoms with E-state index in [1.807, 2.05) is 0 Å². The van der Waals surface area contributed by atoms with Gasteiger partial charge in [0.15, 0.2) is 11.6 Å². The lowest BCUT2D eigenvalue weighted by atomic mass is 10.2. The molecule has 0 aliphatic carbocycles. The van der Waals surface area contributed by atoms with Crippen LogP contribution in [0.5, 0.6) is 0 Å². The van der Waals surface area contributed by atoms with Crippen molar-refractivity contribution in [3.05, 3.63) is 58.6 Å². The van der Waals surface area contributed by atoms with E-state index in [0.717, 1.165) is 28.8 Å². The Kier molecular flexibility index (Phi) is 5.79. The maximum atomic E-state index is 13.5. The summed E-state index contributed by atoms with van der Waals surface area (Å²) in [5.41, 5.74) is 0.314.